The summed E-state index contributed by atoms with van der Waals surface area (Å²) in [5.41, 5.74) is 0.940. The summed E-state index contributed by atoms with van der Waals surface area (Å²) in [5.74, 6) is 0.922. The van der Waals surface area contributed by atoms with Gasteiger partial charge < -0.3 is 15.2 Å². The van der Waals surface area contributed by atoms with Crippen molar-refractivity contribution >= 4 is 5.82 Å². The molecule has 1 heterocycles. The predicted molar refractivity (Wildman–Crippen MR) is 59.0 cm³/mol. The zero-order chi connectivity index (χ0) is 11.3. The summed E-state index contributed by atoms with van der Waals surface area (Å²) in [6.45, 7) is 5.21. The Labute approximate surface area is 90.1 Å². The van der Waals surface area contributed by atoms with Gasteiger partial charge in [-0.2, -0.15) is 5.10 Å². The second-order valence-corrected chi connectivity index (χ2v) is 3.62. The quantitative estimate of drug-likeness (QED) is 0.727. The molecule has 0 aliphatic heterocycles. The molecule has 0 spiro atoms. The van der Waals surface area contributed by atoms with Crippen molar-refractivity contribution in [2.75, 3.05) is 25.6 Å². The molecule has 15 heavy (non-hydrogen) atoms. The van der Waals surface area contributed by atoms with Gasteiger partial charge in [0, 0.05) is 19.2 Å². The zero-order valence-electron chi connectivity index (χ0n) is 9.53. The number of ether oxygens (including phenoxy) is 1. The number of rotatable bonds is 6. The lowest BCUT2D eigenvalue weighted by atomic mass is 10.3. The van der Waals surface area contributed by atoms with Crippen LogP contribution in [0.4, 0.5) is 5.82 Å². The van der Waals surface area contributed by atoms with Gasteiger partial charge in [0.25, 0.3) is 0 Å². The first-order valence-electron chi connectivity index (χ1n) is 5.08. The molecule has 0 fully saturated rings. The van der Waals surface area contributed by atoms with Crippen LogP contribution in [0.1, 0.15) is 12.6 Å². The van der Waals surface area contributed by atoms with Crippen molar-refractivity contribution in [3.8, 4) is 0 Å². The molecule has 1 rings (SSSR count). The van der Waals surface area contributed by atoms with Crippen molar-refractivity contribution < 1.29 is 9.84 Å². The van der Waals surface area contributed by atoms with E-state index >= 15 is 0 Å². The number of anilines is 1. The van der Waals surface area contributed by atoms with Crippen LogP contribution in [0.15, 0.2) is 6.07 Å². The Morgan fingerprint density at radius 2 is 2.40 bits per heavy atom. The number of nitrogens with zero attached hydrogens (tertiary/aromatic N) is 2. The maximum Gasteiger partial charge on any atom is 0.124 e. The van der Waals surface area contributed by atoms with Crippen LogP contribution in [0.5, 0.6) is 0 Å². The Kier molecular flexibility index (Phi) is 4.58. The highest BCUT2D eigenvalue weighted by molar-refractivity contribution is 5.37. The van der Waals surface area contributed by atoms with Crippen LogP contribution >= 0.6 is 0 Å². The van der Waals surface area contributed by atoms with E-state index in [1.807, 2.05) is 19.9 Å². The molecular weight excluding hydrogens is 194 g/mol. The molecule has 1 atom stereocenters. The molecule has 0 aliphatic carbocycles. The number of methoxy groups -OCH3 is 1. The van der Waals surface area contributed by atoms with Gasteiger partial charge >= 0.3 is 0 Å². The van der Waals surface area contributed by atoms with Crippen molar-refractivity contribution in [3.05, 3.63) is 11.8 Å². The molecule has 1 unspecified atom stereocenters. The van der Waals surface area contributed by atoms with Gasteiger partial charge in [0.05, 0.1) is 25.5 Å². The van der Waals surface area contributed by atoms with Gasteiger partial charge in [-0.25, -0.2) is 4.68 Å². The van der Waals surface area contributed by atoms with Crippen LogP contribution in [-0.2, 0) is 11.3 Å². The topological polar surface area (TPSA) is 59.3 Å². The van der Waals surface area contributed by atoms with Crippen molar-refractivity contribution in [1.29, 1.82) is 0 Å². The van der Waals surface area contributed by atoms with Gasteiger partial charge in [0.15, 0.2) is 0 Å². The average Bonchev–Trinajstić information content (AvgIpc) is 2.47. The number of nitrogens with one attached hydrogen (secondary N) is 1. The molecule has 5 heteroatoms. The molecule has 0 saturated carbocycles. The third kappa shape index (κ3) is 3.53. The number of hydrogen-bond acceptors (Lipinski definition) is 4. The third-order valence-electron chi connectivity index (χ3n) is 2.02. The Balaban J connectivity index is 2.65. The molecule has 0 saturated heterocycles. The normalized spacial score (nSPS) is 12.8. The van der Waals surface area contributed by atoms with E-state index in [0.29, 0.717) is 13.2 Å². The van der Waals surface area contributed by atoms with E-state index in [0.717, 1.165) is 11.5 Å². The van der Waals surface area contributed by atoms with Crippen molar-refractivity contribution in [2.45, 2.75) is 26.4 Å². The van der Waals surface area contributed by atoms with E-state index in [1.54, 1.807) is 11.8 Å². The Bertz CT molecular complexity index is 299. The lowest BCUT2D eigenvalue weighted by molar-refractivity contribution is 0.190. The second kappa shape index (κ2) is 5.72. The Morgan fingerprint density at radius 3 is 3.00 bits per heavy atom. The first kappa shape index (κ1) is 12.0. The van der Waals surface area contributed by atoms with E-state index in [-0.39, 0.29) is 12.6 Å². The van der Waals surface area contributed by atoms with E-state index in [4.69, 9.17) is 9.84 Å². The summed E-state index contributed by atoms with van der Waals surface area (Å²) >= 11 is 0. The predicted octanol–water partition coefficient (Wildman–Crippen LogP) is 0.631. The molecule has 1 aromatic rings. The fraction of sp³-hybridized carbons (Fsp3) is 0.700. The van der Waals surface area contributed by atoms with E-state index < -0.39 is 0 Å². The summed E-state index contributed by atoms with van der Waals surface area (Å²) in [5, 5.41) is 16.4. The van der Waals surface area contributed by atoms with Gasteiger partial charge in [0.1, 0.15) is 5.82 Å². The molecule has 0 amide bonds. The lowest BCUT2D eigenvalue weighted by Gasteiger charge is -2.14. The minimum Gasteiger partial charge on any atom is -0.394 e. The van der Waals surface area contributed by atoms with Gasteiger partial charge in [-0.1, -0.05) is 0 Å². The molecule has 5 nitrogen and oxygen atoms in total. The average molecular weight is 213 g/mol. The van der Waals surface area contributed by atoms with Gasteiger partial charge in [-0.3, -0.25) is 0 Å². The summed E-state index contributed by atoms with van der Waals surface area (Å²) < 4.78 is 6.81. The lowest BCUT2D eigenvalue weighted by Crippen LogP contribution is -2.23. The summed E-state index contributed by atoms with van der Waals surface area (Å²) in [6.07, 6.45) is 0. The number of aliphatic hydroxyl groups excluding tert-OH is 1. The van der Waals surface area contributed by atoms with Crippen LogP contribution in [0, 0.1) is 6.92 Å². The third-order valence-corrected chi connectivity index (χ3v) is 2.02. The molecular formula is C10H19N3O2. The SMILES string of the molecule is COCC(C)Nc1cc(C)nn1CCO. The van der Waals surface area contributed by atoms with Crippen molar-refractivity contribution in [2.24, 2.45) is 0 Å². The largest absolute Gasteiger partial charge is 0.394 e. The van der Waals surface area contributed by atoms with Crippen molar-refractivity contribution in [1.82, 2.24) is 9.78 Å². The standard InChI is InChI=1S/C10H19N3O2/c1-8-6-10(11-9(2)7-15-3)13(12-8)4-5-14/h6,9,11,14H,4-5,7H2,1-3H3. The van der Waals surface area contributed by atoms with Crippen LogP contribution in [0.3, 0.4) is 0 Å². The summed E-state index contributed by atoms with van der Waals surface area (Å²) in [7, 11) is 1.68. The molecule has 0 bridgehead atoms. The molecule has 1 aromatic heterocycles. The molecule has 86 valence electrons. The van der Waals surface area contributed by atoms with Gasteiger partial charge in [-0.05, 0) is 13.8 Å². The second-order valence-electron chi connectivity index (χ2n) is 3.62. The number of hydrogen-bond donors (Lipinski definition) is 2. The first-order valence-corrected chi connectivity index (χ1v) is 5.08. The van der Waals surface area contributed by atoms with Crippen LogP contribution < -0.4 is 5.32 Å². The van der Waals surface area contributed by atoms with Crippen LogP contribution in [0.2, 0.25) is 0 Å². The fourth-order valence-electron chi connectivity index (χ4n) is 1.47. The molecule has 2 N–H and O–H groups in total. The number of aromatic nitrogens is 2. The van der Waals surface area contributed by atoms with Crippen LogP contribution in [0.25, 0.3) is 0 Å². The first-order chi connectivity index (χ1) is 7.17. The molecule has 0 aliphatic rings. The highest BCUT2D eigenvalue weighted by Gasteiger charge is 2.07. The minimum atomic E-state index is 0.0917. The van der Waals surface area contributed by atoms with Gasteiger partial charge in [-0.15, -0.1) is 0 Å². The van der Waals surface area contributed by atoms with Crippen molar-refractivity contribution in [3.63, 3.8) is 0 Å². The molecule has 0 aromatic carbocycles. The maximum absolute atomic E-state index is 8.88. The number of aryl methyl sites for hydroxylation is 1. The van der Waals surface area contributed by atoms with E-state index in [9.17, 15) is 0 Å². The summed E-state index contributed by atoms with van der Waals surface area (Å²) in [6, 6.07) is 2.19. The summed E-state index contributed by atoms with van der Waals surface area (Å²) in [4.78, 5) is 0. The fourth-order valence-corrected chi connectivity index (χ4v) is 1.47. The monoisotopic (exact) mass is 213 g/mol. The van der Waals surface area contributed by atoms with Gasteiger partial charge in [0.2, 0.25) is 0 Å². The smallest absolute Gasteiger partial charge is 0.124 e. The Hall–Kier alpha value is -1.07. The van der Waals surface area contributed by atoms with E-state index in [1.165, 1.54) is 0 Å². The highest BCUT2D eigenvalue weighted by atomic mass is 16.5. The Morgan fingerprint density at radius 1 is 1.67 bits per heavy atom. The number of aliphatic hydroxyl groups is 1. The molecule has 0 radical (unpaired) electrons. The zero-order valence-corrected chi connectivity index (χ0v) is 9.53. The van der Waals surface area contributed by atoms with E-state index in [2.05, 4.69) is 10.4 Å². The maximum atomic E-state index is 8.88. The van der Waals surface area contributed by atoms with Crippen LogP contribution in [-0.4, -0.2) is 41.3 Å². The minimum absolute atomic E-state index is 0.0917. The highest BCUT2D eigenvalue weighted by Crippen LogP contribution is 2.11.